The molecule has 56 heavy (non-hydrogen) atoms. The van der Waals surface area contributed by atoms with Crippen LogP contribution in [-0.2, 0) is 24.4 Å². The summed E-state index contributed by atoms with van der Waals surface area (Å²) in [5.41, 5.74) is -0.804. The van der Waals surface area contributed by atoms with E-state index < -0.39 is 68.1 Å². The number of hydrogen-bond acceptors (Lipinski definition) is 12. The summed E-state index contributed by atoms with van der Waals surface area (Å²) in [6.07, 6.45) is 3.40. The molecule has 0 unspecified atom stereocenters. The monoisotopic (exact) mass is 822 g/mol. The number of halogens is 1. The lowest BCUT2D eigenvalue weighted by Crippen LogP contribution is -2.58. The molecule has 2 aromatic heterocycles. The second-order valence-electron chi connectivity index (χ2n) is 15.5. The van der Waals surface area contributed by atoms with Crippen LogP contribution in [0, 0.1) is 11.3 Å². The molecule has 0 radical (unpaired) electrons. The molecular weight excluding hydrogens is 780 g/mol. The number of methoxy groups -OCH3 is 1. The van der Waals surface area contributed by atoms with E-state index in [0.717, 1.165) is 5.56 Å². The van der Waals surface area contributed by atoms with Gasteiger partial charge >= 0.3 is 0 Å². The second kappa shape index (κ2) is 14.9. The molecule has 14 nitrogen and oxygen atoms in total. The van der Waals surface area contributed by atoms with Crippen molar-refractivity contribution in [3.8, 4) is 28.6 Å². The summed E-state index contributed by atoms with van der Waals surface area (Å²) < 4.78 is 39.7. The number of hydrogen-bond donors (Lipinski definition) is 4. The van der Waals surface area contributed by atoms with Crippen LogP contribution in [0.1, 0.15) is 46.5 Å². The summed E-state index contributed by atoms with van der Waals surface area (Å²) in [4.78, 5) is 53.4. The lowest BCUT2D eigenvalue weighted by molar-refractivity contribution is -0.141. The first-order valence-electron chi connectivity index (χ1n) is 18.1. The average molecular weight is 823 g/mol. The molecule has 3 fully saturated rings. The summed E-state index contributed by atoms with van der Waals surface area (Å²) in [6.45, 7) is 9.46. The van der Waals surface area contributed by atoms with Gasteiger partial charge in [-0.25, -0.2) is 18.4 Å². The predicted molar refractivity (Wildman–Crippen MR) is 213 cm³/mol. The van der Waals surface area contributed by atoms with Crippen molar-refractivity contribution < 1.29 is 37.4 Å². The third-order valence-electron chi connectivity index (χ3n) is 10.4. The number of pyridine rings is 1. The summed E-state index contributed by atoms with van der Waals surface area (Å²) in [6, 6.07) is 9.83. The number of ether oxygens (including phenoxy) is 2. The fourth-order valence-corrected chi connectivity index (χ4v) is 9.30. The van der Waals surface area contributed by atoms with Crippen molar-refractivity contribution in [2.24, 2.45) is 11.3 Å². The van der Waals surface area contributed by atoms with Gasteiger partial charge in [0, 0.05) is 39.1 Å². The minimum absolute atomic E-state index is 0.0162. The van der Waals surface area contributed by atoms with Crippen LogP contribution in [0.15, 0.2) is 66.7 Å². The number of aromatic nitrogens is 2. The highest BCUT2D eigenvalue weighted by Gasteiger charge is 2.62. The van der Waals surface area contributed by atoms with Gasteiger partial charge in [-0.3, -0.25) is 19.1 Å². The SMILES string of the molecule is C=C[C@@H]1C[C@]1(NC(=O)[C@@H]1C[C@@H](Oc2ncc(OC)c3ccc(Cl)cc23)CN1C(=O)[C@@H](Nc1nc(-c2ccc(O)cc2)cs1)C(C)(C)C)C(=O)NS(=O)(=O)C1CC1. The van der Waals surface area contributed by atoms with Gasteiger partial charge in [0.15, 0.2) is 5.13 Å². The largest absolute Gasteiger partial charge is 0.508 e. The topological polar surface area (TPSA) is 189 Å². The van der Waals surface area contributed by atoms with Crippen LogP contribution in [0.5, 0.6) is 17.4 Å². The highest BCUT2D eigenvalue weighted by Crippen LogP contribution is 2.46. The van der Waals surface area contributed by atoms with Crippen LogP contribution in [0.4, 0.5) is 5.13 Å². The summed E-state index contributed by atoms with van der Waals surface area (Å²) in [5, 5.41) is 19.3. The number of sulfonamides is 1. The van der Waals surface area contributed by atoms with Crippen LogP contribution in [-0.4, -0.2) is 88.7 Å². The Labute approximate surface area is 333 Å². The minimum atomic E-state index is -3.90. The molecule has 2 saturated carbocycles. The van der Waals surface area contributed by atoms with Crippen molar-refractivity contribution in [2.75, 3.05) is 19.0 Å². The first-order chi connectivity index (χ1) is 26.5. The van der Waals surface area contributed by atoms with E-state index >= 15 is 0 Å². The highest BCUT2D eigenvalue weighted by molar-refractivity contribution is 7.91. The number of nitrogens with zero attached hydrogens (tertiary/aromatic N) is 3. The van der Waals surface area contributed by atoms with Gasteiger partial charge in [0.1, 0.15) is 35.2 Å². The van der Waals surface area contributed by atoms with Crippen molar-refractivity contribution in [3.05, 3.63) is 71.7 Å². The van der Waals surface area contributed by atoms with E-state index in [2.05, 4.69) is 26.9 Å². The number of carbonyl (C=O) groups excluding carboxylic acids is 3. The second-order valence-corrected chi connectivity index (χ2v) is 18.8. The number of carbonyl (C=O) groups is 3. The van der Waals surface area contributed by atoms with Gasteiger partial charge in [-0.1, -0.05) is 38.4 Å². The lowest BCUT2D eigenvalue weighted by Gasteiger charge is -2.35. The van der Waals surface area contributed by atoms with E-state index in [-0.39, 0.29) is 31.0 Å². The quantitative estimate of drug-likeness (QED) is 0.129. The summed E-state index contributed by atoms with van der Waals surface area (Å²) >= 11 is 7.68. The van der Waals surface area contributed by atoms with Gasteiger partial charge in [0.2, 0.25) is 27.7 Å². The molecule has 2 aliphatic carbocycles. The van der Waals surface area contributed by atoms with Gasteiger partial charge in [-0.05, 0) is 67.1 Å². The van der Waals surface area contributed by atoms with Crippen LogP contribution < -0.4 is 24.8 Å². The van der Waals surface area contributed by atoms with Gasteiger partial charge in [0.05, 0.1) is 30.8 Å². The molecule has 2 aromatic carbocycles. The summed E-state index contributed by atoms with van der Waals surface area (Å²) in [7, 11) is -2.38. The number of phenolic OH excluding ortho intramolecular Hbond substituents is 1. The first kappa shape index (κ1) is 39.3. The number of aromatic hydroxyl groups is 1. The number of fused-ring (bicyclic) bond motifs is 1. The van der Waals surface area contributed by atoms with E-state index in [1.54, 1.807) is 42.5 Å². The Balaban J connectivity index is 1.19. The molecule has 7 rings (SSSR count). The zero-order valence-corrected chi connectivity index (χ0v) is 33.6. The van der Waals surface area contributed by atoms with Gasteiger partial charge < -0.3 is 30.1 Å². The molecule has 4 N–H and O–H groups in total. The molecular formula is C39H43ClN6O8S2. The van der Waals surface area contributed by atoms with Crippen molar-refractivity contribution in [1.82, 2.24) is 24.9 Å². The number of phenols is 1. The van der Waals surface area contributed by atoms with E-state index in [9.17, 15) is 27.9 Å². The molecule has 1 saturated heterocycles. The fourth-order valence-electron chi connectivity index (χ4n) is 7.02. The maximum absolute atomic E-state index is 14.8. The molecule has 3 amide bonds. The number of nitrogens with one attached hydrogen (secondary N) is 3. The maximum Gasteiger partial charge on any atom is 0.259 e. The van der Waals surface area contributed by atoms with Crippen molar-refractivity contribution >= 4 is 66.6 Å². The third kappa shape index (κ3) is 7.86. The molecule has 1 aliphatic heterocycles. The normalized spacial score (nSPS) is 22.6. The van der Waals surface area contributed by atoms with Gasteiger partial charge in [0.25, 0.3) is 5.91 Å². The smallest absolute Gasteiger partial charge is 0.259 e. The van der Waals surface area contributed by atoms with Crippen molar-refractivity contribution in [3.63, 3.8) is 0 Å². The van der Waals surface area contributed by atoms with Gasteiger partial charge in [-0.15, -0.1) is 17.9 Å². The Kier molecular flexibility index (Phi) is 10.4. The van der Waals surface area contributed by atoms with Crippen molar-refractivity contribution in [2.45, 2.75) is 75.4 Å². The van der Waals surface area contributed by atoms with Crippen LogP contribution in [0.25, 0.3) is 22.0 Å². The molecule has 4 aromatic rings. The summed E-state index contributed by atoms with van der Waals surface area (Å²) in [5.74, 6) is -1.54. The van der Waals surface area contributed by atoms with E-state index in [4.69, 9.17) is 26.1 Å². The Morgan fingerprint density at radius 3 is 2.52 bits per heavy atom. The number of likely N-dealkylation sites (tertiary alicyclic amines) is 1. The fraction of sp³-hybridized carbons (Fsp3) is 0.410. The number of benzene rings is 2. The number of anilines is 1. The van der Waals surface area contributed by atoms with E-state index in [1.165, 1.54) is 35.6 Å². The lowest BCUT2D eigenvalue weighted by atomic mass is 9.85. The maximum atomic E-state index is 14.8. The average Bonchev–Trinajstić information content (AvgIpc) is 4.04. The van der Waals surface area contributed by atoms with Crippen LogP contribution >= 0.6 is 22.9 Å². The van der Waals surface area contributed by atoms with Crippen LogP contribution in [0.3, 0.4) is 0 Å². The number of amides is 3. The molecule has 0 spiro atoms. The Morgan fingerprint density at radius 2 is 1.88 bits per heavy atom. The first-order valence-corrected chi connectivity index (χ1v) is 20.9. The van der Waals surface area contributed by atoms with E-state index in [0.29, 0.717) is 45.2 Å². The number of thiazole rings is 1. The highest BCUT2D eigenvalue weighted by atomic mass is 35.5. The minimum Gasteiger partial charge on any atom is -0.508 e. The molecule has 17 heteroatoms. The molecule has 5 atom stereocenters. The Hall–Kier alpha value is -4.93. The standard InChI is InChI=1S/C39H43ClN6O8S2/c1-6-22-17-39(22,36(50)45-56(51,52)26-12-13-26)44-33(48)30-16-25(54-34-28-15-23(40)9-14-27(28)31(53-5)18-41-34)19-46(30)35(49)32(38(2,3)4)43-37-42-29(20-55-37)21-7-10-24(47)11-8-21/h6-11,14-15,18,20,22,25-26,30,32,47H,1,12-13,16-17,19H2,2-5H3,(H,42,43)(H,44,48)(H,45,50)/t22-,25-,30+,32-,39-/m1/s1. The zero-order valence-electron chi connectivity index (χ0n) is 31.2. The molecule has 296 valence electrons. The zero-order chi connectivity index (χ0) is 40.2. The number of rotatable bonds is 13. The molecule has 3 aliphatic rings. The van der Waals surface area contributed by atoms with Crippen LogP contribution in [0.2, 0.25) is 5.02 Å². The Morgan fingerprint density at radius 1 is 1.14 bits per heavy atom. The third-order valence-corrected chi connectivity index (χ3v) is 13.2. The van der Waals surface area contributed by atoms with Crippen molar-refractivity contribution in [1.29, 1.82) is 0 Å². The van der Waals surface area contributed by atoms with E-state index in [1.807, 2.05) is 26.2 Å². The Bertz CT molecular complexity index is 2310. The predicted octanol–water partition coefficient (Wildman–Crippen LogP) is 5.27. The van der Waals surface area contributed by atoms with Gasteiger partial charge in [-0.2, -0.15) is 0 Å². The molecule has 3 heterocycles. The molecule has 0 bridgehead atoms.